The smallest absolute Gasteiger partial charge is 0.410 e. The first-order valence-corrected chi connectivity index (χ1v) is 8.71. The molecule has 1 aromatic carbocycles. The number of carbonyl (C=O) groups excluding carboxylic acids is 1. The van der Waals surface area contributed by atoms with Crippen molar-refractivity contribution in [3.05, 3.63) is 46.5 Å². The predicted octanol–water partition coefficient (Wildman–Crippen LogP) is 3.86. The Balaban J connectivity index is 1.68. The first-order valence-electron chi connectivity index (χ1n) is 7.84. The monoisotopic (exact) mass is 348 g/mol. The summed E-state index contributed by atoms with van der Waals surface area (Å²) in [6.45, 7) is 6.23. The van der Waals surface area contributed by atoms with Crippen LogP contribution in [0.15, 0.2) is 41.3 Å². The number of rotatable bonds is 3. The summed E-state index contributed by atoms with van der Waals surface area (Å²) in [4.78, 5) is 25.4. The van der Waals surface area contributed by atoms with Crippen LogP contribution < -0.4 is 0 Å². The molecular formula is C17H20N2O4S. The number of benzene rings is 1. The second-order valence-corrected chi connectivity index (χ2v) is 8.26. The molecule has 2 aliphatic rings. The summed E-state index contributed by atoms with van der Waals surface area (Å²) in [5, 5.41) is 11.0. The van der Waals surface area contributed by atoms with Crippen molar-refractivity contribution in [1.82, 2.24) is 4.90 Å². The number of non-ortho nitro benzene ring substituents is 1. The van der Waals surface area contributed by atoms with Crippen LogP contribution in [0.3, 0.4) is 0 Å². The molecule has 3 rings (SSSR count). The number of nitro groups is 1. The summed E-state index contributed by atoms with van der Waals surface area (Å²) in [6, 6.07) is 6.55. The molecule has 1 aromatic rings. The van der Waals surface area contributed by atoms with Gasteiger partial charge in [0.2, 0.25) is 0 Å². The van der Waals surface area contributed by atoms with E-state index in [1.807, 2.05) is 20.8 Å². The van der Waals surface area contributed by atoms with Gasteiger partial charge in [0.1, 0.15) is 5.60 Å². The van der Waals surface area contributed by atoms with Crippen molar-refractivity contribution >= 4 is 23.5 Å². The second kappa shape index (κ2) is 6.12. The summed E-state index contributed by atoms with van der Waals surface area (Å²) in [7, 11) is 0. The molecule has 1 fully saturated rings. The van der Waals surface area contributed by atoms with Crippen LogP contribution in [0.4, 0.5) is 10.5 Å². The van der Waals surface area contributed by atoms with Crippen molar-refractivity contribution in [1.29, 1.82) is 0 Å². The van der Waals surface area contributed by atoms with Crippen LogP contribution in [0, 0.1) is 16.0 Å². The van der Waals surface area contributed by atoms with E-state index in [0.717, 1.165) is 4.90 Å². The maximum atomic E-state index is 12.4. The molecule has 0 saturated carbocycles. The molecule has 1 heterocycles. The van der Waals surface area contributed by atoms with Gasteiger partial charge in [-0.1, -0.05) is 12.2 Å². The van der Waals surface area contributed by atoms with E-state index < -0.39 is 10.5 Å². The number of nitrogens with zero attached hydrogens (tertiary/aromatic N) is 2. The van der Waals surface area contributed by atoms with E-state index in [0.29, 0.717) is 6.54 Å². The maximum absolute atomic E-state index is 12.4. The van der Waals surface area contributed by atoms with Gasteiger partial charge in [-0.25, -0.2) is 4.79 Å². The quantitative estimate of drug-likeness (QED) is 0.471. The van der Waals surface area contributed by atoms with Gasteiger partial charge in [-0.15, -0.1) is 11.8 Å². The Kier molecular flexibility index (Phi) is 4.29. The Labute approximate surface area is 145 Å². The highest BCUT2D eigenvalue weighted by atomic mass is 32.2. The van der Waals surface area contributed by atoms with Gasteiger partial charge in [0.05, 0.1) is 11.0 Å². The molecule has 0 aromatic heterocycles. The van der Waals surface area contributed by atoms with E-state index in [9.17, 15) is 14.9 Å². The summed E-state index contributed by atoms with van der Waals surface area (Å²) >= 11 is 1.65. The number of carbonyl (C=O) groups is 1. The Morgan fingerprint density at radius 1 is 1.29 bits per heavy atom. The molecular weight excluding hydrogens is 328 g/mol. The van der Waals surface area contributed by atoms with Gasteiger partial charge in [-0.3, -0.25) is 15.0 Å². The van der Waals surface area contributed by atoms with Gasteiger partial charge in [0, 0.05) is 34.7 Å². The molecule has 2 bridgehead atoms. The van der Waals surface area contributed by atoms with Crippen molar-refractivity contribution in [3.8, 4) is 0 Å². The van der Waals surface area contributed by atoms with Gasteiger partial charge in [0.25, 0.3) is 5.69 Å². The van der Waals surface area contributed by atoms with Crippen LogP contribution >= 0.6 is 11.8 Å². The Bertz CT molecular complexity index is 681. The number of hydrogen-bond donors (Lipinski definition) is 0. The highest BCUT2D eigenvalue weighted by molar-refractivity contribution is 8.00. The number of likely N-dealkylation sites (tertiary alicyclic amines) is 1. The maximum Gasteiger partial charge on any atom is 0.410 e. The Hall–Kier alpha value is -2.02. The molecule has 0 spiro atoms. The first kappa shape index (κ1) is 16.8. The molecule has 0 unspecified atom stereocenters. The fourth-order valence-corrected chi connectivity index (χ4v) is 4.34. The minimum atomic E-state index is -0.510. The van der Waals surface area contributed by atoms with Gasteiger partial charge >= 0.3 is 6.09 Å². The lowest BCUT2D eigenvalue weighted by Crippen LogP contribution is -2.41. The normalized spacial score (nSPS) is 25.1. The number of fused-ring (bicyclic) bond motifs is 2. The highest BCUT2D eigenvalue weighted by Gasteiger charge is 2.47. The molecule has 1 saturated heterocycles. The van der Waals surface area contributed by atoms with E-state index in [-0.39, 0.29) is 29.0 Å². The van der Waals surface area contributed by atoms with Crippen LogP contribution in [0.25, 0.3) is 0 Å². The van der Waals surface area contributed by atoms with Crippen molar-refractivity contribution < 1.29 is 14.5 Å². The van der Waals surface area contributed by atoms with Crippen molar-refractivity contribution in [3.63, 3.8) is 0 Å². The molecule has 1 aliphatic carbocycles. The summed E-state index contributed by atoms with van der Waals surface area (Å²) in [5.41, 5.74) is -0.425. The lowest BCUT2D eigenvalue weighted by molar-refractivity contribution is -0.384. The number of amides is 1. The summed E-state index contributed by atoms with van der Waals surface area (Å²) < 4.78 is 5.48. The zero-order valence-electron chi connectivity index (χ0n) is 13.8. The van der Waals surface area contributed by atoms with E-state index in [4.69, 9.17) is 4.74 Å². The molecule has 0 radical (unpaired) electrons. The minimum absolute atomic E-state index is 0.00467. The summed E-state index contributed by atoms with van der Waals surface area (Å²) in [6.07, 6.45) is 3.92. The summed E-state index contributed by atoms with van der Waals surface area (Å²) in [5.74, 6) is 0.280. The van der Waals surface area contributed by atoms with E-state index in [1.54, 1.807) is 28.8 Å². The van der Waals surface area contributed by atoms with Crippen LogP contribution in [0.1, 0.15) is 20.8 Å². The minimum Gasteiger partial charge on any atom is -0.444 e. The second-order valence-electron chi connectivity index (χ2n) is 7.01. The highest BCUT2D eigenvalue weighted by Crippen LogP contribution is 2.43. The molecule has 1 aliphatic heterocycles. The Morgan fingerprint density at radius 2 is 1.96 bits per heavy atom. The number of thioether (sulfide) groups is 1. The van der Waals surface area contributed by atoms with E-state index in [2.05, 4.69) is 12.2 Å². The van der Waals surface area contributed by atoms with E-state index in [1.165, 1.54) is 12.1 Å². The lowest BCUT2D eigenvalue weighted by atomic mass is 10.1. The third-order valence-corrected chi connectivity index (χ3v) is 5.47. The topological polar surface area (TPSA) is 72.7 Å². The Morgan fingerprint density at radius 3 is 2.54 bits per heavy atom. The van der Waals surface area contributed by atoms with Crippen molar-refractivity contribution in [2.75, 3.05) is 6.54 Å². The van der Waals surface area contributed by atoms with Crippen LogP contribution in [0.2, 0.25) is 0 Å². The number of nitro benzene ring substituents is 1. The molecule has 3 atom stereocenters. The van der Waals surface area contributed by atoms with E-state index >= 15 is 0 Å². The first-order chi connectivity index (χ1) is 11.2. The number of hydrogen-bond acceptors (Lipinski definition) is 5. The van der Waals surface area contributed by atoms with Crippen LogP contribution in [-0.2, 0) is 4.74 Å². The van der Waals surface area contributed by atoms with Crippen LogP contribution in [-0.4, -0.2) is 39.4 Å². The van der Waals surface area contributed by atoms with Gasteiger partial charge in [-0.05, 0) is 32.9 Å². The van der Waals surface area contributed by atoms with Gasteiger partial charge in [-0.2, -0.15) is 0 Å². The average molecular weight is 348 g/mol. The molecule has 0 N–H and O–H groups in total. The molecule has 128 valence electrons. The molecule has 7 heteroatoms. The zero-order chi connectivity index (χ0) is 17.5. The van der Waals surface area contributed by atoms with Crippen LogP contribution in [0.5, 0.6) is 0 Å². The SMILES string of the molecule is CC(C)(C)OC(=O)N1C[C@@H]2C=C[C@H]1[C@@H]2Sc1ccc([N+](=O)[O-])cc1. The number of ether oxygens (including phenoxy) is 1. The molecule has 1 amide bonds. The average Bonchev–Trinajstić information content (AvgIpc) is 3.03. The van der Waals surface area contributed by atoms with Crippen molar-refractivity contribution in [2.45, 2.75) is 42.6 Å². The lowest BCUT2D eigenvalue weighted by Gasteiger charge is -2.28. The fourth-order valence-electron chi connectivity index (χ4n) is 3.00. The third kappa shape index (κ3) is 3.40. The largest absolute Gasteiger partial charge is 0.444 e. The van der Waals surface area contributed by atoms with Crippen molar-refractivity contribution in [2.24, 2.45) is 5.92 Å². The zero-order valence-corrected chi connectivity index (χ0v) is 14.7. The predicted molar refractivity (Wildman–Crippen MR) is 92.1 cm³/mol. The molecule has 6 nitrogen and oxygen atoms in total. The fraction of sp³-hybridized carbons (Fsp3) is 0.471. The molecule has 24 heavy (non-hydrogen) atoms. The standard InChI is InChI=1S/C17H20N2O4S/c1-17(2,3)23-16(20)18-10-11-4-9-14(18)15(11)24-13-7-5-12(6-8-13)19(21)22/h4-9,11,14-15H,10H2,1-3H3/t11-,14-,15+/m0/s1. The van der Waals surface area contributed by atoms with Gasteiger partial charge in [0.15, 0.2) is 0 Å². The third-order valence-electron chi connectivity index (χ3n) is 4.03. The van der Waals surface area contributed by atoms with Gasteiger partial charge < -0.3 is 4.74 Å².